The standard InChI is InChI=1S/C17H22N2O2/c1-16(2)12-8-9-17(16,3)14(11-12)18-19-15(20)7-6-13-5-4-10-21-13/h4-7,10,12H,8-9,11H2,1-3H3,(H,19,20)/b7-6+,18-14+/t12-,17+/m0/s1. The van der Waals surface area contributed by atoms with Crippen molar-refractivity contribution in [2.24, 2.45) is 21.8 Å². The predicted molar refractivity (Wildman–Crippen MR) is 82.5 cm³/mol. The Balaban J connectivity index is 1.66. The molecule has 2 aliphatic carbocycles. The Morgan fingerprint density at radius 3 is 2.86 bits per heavy atom. The molecule has 1 aromatic heterocycles. The van der Waals surface area contributed by atoms with Gasteiger partial charge in [0, 0.05) is 17.2 Å². The molecule has 2 atom stereocenters. The number of rotatable bonds is 3. The van der Waals surface area contributed by atoms with Crippen molar-refractivity contribution in [1.82, 2.24) is 5.43 Å². The van der Waals surface area contributed by atoms with Crippen molar-refractivity contribution < 1.29 is 9.21 Å². The molecule has 0 radical (unpaired) electrons. The Kier molecular flexibility index (Phi) is 3.27. The molecule has 0 unspecified atom stereocenters. The number of hydrogen-bond acceptors (Lipinski definition) is 3. The maximum absolute atomic E-state index is 11.8. The lowest BCUT2D eigenvalue weighted by molar-refractivity contribution is -0.116. The van der Waals surface area contributed by atoms with E-state index in [1.807, 2.05) is 0 Å². The number of hydrazone groups is 1. The van der Waals surface area contributed by atoms with Gasteiger partial charge in [-0.15, -0.1) is 0 Å². The van der Waals surface area contributed by atoms with Crippen LogP contribution in [0.2, 0.25) is 0 Å². The molecule has 2 bridgehead atoms. The van der Waals surface area contributed by atoms with Gasteiger partial charge in [-0.1, -0.05) is 20.8 Å². The summed E-state index contributed by atoms with van der Waals surface area (Å²) in [6, 6.07) is 3.59. The van der Waals surface area contributed by atoms with Crippen molar-refractivity contribution in [3.8, 4) is 0 Å². The highest BCUT2D eigenvalue weighted by atomic mass is 16.3. The fourth-order valence-corrected chi connectivity index (χ4v) is 3.80. The third kappa shape index (κ3) is 2.23. The fraction of sp³-hybridized carbons (Fsp3) is 0.529. The van der Waals surface area contributed by atoms with Crippen molar-refractivity contribution in [2.45, 2.75) is 40.0 Å². The van der Waals surface area contributed by atoms with E-state index in [4.69, 9.17) is 4.42 Å². The Morgan fingerprint density at radius 1 is 1.48 bits per heavy atom. The van der Waals surface area contributed by atoms with E-state index in [2.05, 4.69) is 31.3 Å². The minimum Gasteiger partial charge on any atom is -0.465 e. The van der Waals surface area contributed by atoms with E-state index in [0.717, 1.165) is 12.1 Å². The molecule has 0 saturated heterocycles. The number of carbonyl (C=O) groups is 1. The van der Waals surface area contributed by atoms with Crippen LogP contribution in [0.3, 0.4) is 0 Å². The molecule has 112 valence electrons. The van der Waals surface area contributed by atoms with E-state index < -0.39 is 0 Å². The van der Waals surface area contributed by atoms with Gasteiger partial charge in [-0.3, -0.25) is 4.79 Å². The molecule has 1 amide bonds. The molecule has 2 aliphatic rings. The molecule has 1 N–H and O–H groups in total. The number of amides is 1. The van der Waals surface area contributed by atoms with Crippen LogP contribution < -0.4 is 5.43 Å². The SMILES string of the molecule is CC1(C)[C@H]2CC[C@]1(C)/C(=N/NC(=O)/C=C/c1ccco1)C2. The molecule has 2 fully saturated rings. The van der Waals surface area contributed by atoms with Gasteiger partial charge in [0.25, 0.3) is 5.91 Å². The summed E-state index contributed by atoms with van der Waals surface area (Å²) >= 11 is 0. The zero-order chi connectivity index (χ0) is 15.1. The van der Waals surface area contributed by atoms with Gasteiger partial charge in [-0.2, -0.15) is 5.10 Å². The summed E-state index contributed by atoms with van der Waals surface area (Å²) in [5, 5.41) is 4.41. The van der Waals surface area contributed by atoms with Crippen molar-refractivity contribution in [1.29, 1.82) is 0 Å². The monoisotopic (exact) mass is 286 g/mol. The summed E-state index contributed by atoms with van der Waals surface area (Å²) in [4.78, 5) is 11.8. The molecule has 4 nitrogen and oxygen atoms in total. The first-order valence-electron chi connectivity index (χ1n) is 7.52. The third-order valence-corrected chi connectivity index (χ3v) is 5.76. The van der Waals surface area contributed by atoms with Crippen molar-refractivity contribution in [3.63, 3.8) is 0 Å². The number of fused-ring (bicyclic) bond motifs is 2. The lowest BCUT2D eigenvalue weighted by Gasteiger charge is -2.34. The first kappa shape index (κ1) is 14.1. The average Bonchev–Trinajstić information content (AvgIpc) is 3.08. The van der Waals surface area contributed by atoms with Gasteiger partial charge in [-0.25, -0.2) is 5.43 Å². The first-order chi connectivity index (χ1) is 9.93. The molecule has 21 heavy (non-hydrogen) atoms. The predicted octanol–water partition coefficient (Wildman–Crippen LogP) is 3.61. The summed E-state index contributed by atoms with van der Waals surface area (Å²) in [5.41, 5.74) is 4.20. The highest BCUT2D eigenvalue weighted by Crippen LogP contribution is 2.63. The van der Waals surface area contributed by atoms with Gasteiger partial charge < -0.3 is 4.42 Å². The maximum Gasteiger partial charge on any atom is 0.264 e. The van der Waals surface area contributed by atoms with Crippen LogP contribution in [0.25, 0.3) is 6.08 Å². The summed E-state index contributed by atoms with van der Waals surface area (Å²) < 4.78 is 5.14. The number of nitrogens with zero attached hydrogens (tertiary/aromatic N) is 1. The Bertz CT molecular complexity index is 598. The average molecular weight is 286 g/mol. The fourth-order valence-electron chi connectivity index (χ4n) is 3.80. The third-order valence-electron chi connectivity index (χ3n) is 5.76. The van der Waals surface area contributed by atoms with Gasteiger partial charge in [-0.05, 0) is 48.8 Å². The van der Waals surface area contributed by atoms with Crippen LogP contribution in [0.15, 0.2) is 34.0 Å². The number of furan rings is 1. The van der Waals surface area contributed by atoms with Crippen LogP contribution in [-0.2, 0) is 4.79 Å². The second kappa shape index (κ2) is 4.86. The highest BCUT2D eigenvalue weighted by Gasteiger charge is 2.59. The van der Waals surface area contributed by atoms with Gasteiger partial charge in [0.15, 0.2) is 0 Å². The molecule has 2 saturated carbocycles. The summed E-state index contributed by atoms with van der Waals surface area (Å²) in [5.74, 6) is 1.13. The van der Waals surface area contributed by atoms with Crippen LogP contribution in [0.1, 0.15) is 45.8 Å². The molecule has 3 rings (SSSR count). The van der Waals surface area contributed by atoms with Gasteiger partial charge in [0.2, 0.25) is 0 Å². The van der Waals surface area contributed by atoms with Crippen molar-refractivity contribution in [3.05, 3.63) is 30.2 Å². The van der Waals surface area contributed by atoms with E-state index in [-0.39, 0.29) is 16.7 Å². The topological polar surface area (TPSA) is 54.6 Å². The zero-order valence-corrected chi connectivity index (χ0v) is 12.8. The Labute approximate surface area is 125 Å². The van der Waals surface area contributed by atoms with E-state index >= 15 is 0 Å². The number of carbonyl (C=O) groups excluding carboxylic acids is 1. The molecular formula is C17H22N2O2. The normalized spacial score (nSPS) is 32.1. The van der Waals surface area contributed by atoms with Gasteiger partial charge in [0.05, 0.1) is 6.26 Å². The Hall–Kier alpha value is -1.84. The lowest BCUT2D eigenvalue weighted by atomic mass is 9.70. The molecule has 0 spiro atoms. The molecule has 0 aliphatic heterocycles. The molecular weight excluding hydrogens is 264 g/mol. The van der Waals surface area contributed by atoms with Gasteiger partial charge in [0.1, 0.15) is 5.76 Å². The Morgan fingerprint density at radius 2 is 2.29 bits per heavy atom. The molecule has 1 heterocycles. The summed E-state index contributed by atoms with van der Waals surface area (Å²) in [6.07, 6.45) is 8.11. The highest BCUT2D eigenvalue weighted by molar-refractivity contribution is 5.97. The summed E-state index contributed by atoms with van der Waals surface area (Å²) in [6.45, 7) is 6.93. The van der Waals surface area contributed by atoms with Crippen LogP contribution in [0, 0.1) is 16.7 Å². The van der Waals surface area contributed by atoms with Crippen LogP contribution in [0.5, 0.6) is 0 Å². The van der Waals surface area contributed by atoms with Crippen LogP contribution >= 0.6 is 0 Å². The largest absolute Gasteiger partial charge is 0.465 e. The number of nitrogens with one attached hydrogen (secondary N) is 1. The van der Waals surface area contributed by atoms with E-state index in [1.54, 1.807) is 24.5 Å². The molecule has 4 heteroatoms. The second-order valence-electron chi connectivity index (χ2n) is 6.88. The number of hydrogen-bond donors (Lipinski definition) is 1. The van der Waals surface area contributed by atoms with Crippen molar-refractivity contribution in [2.75, 3.05) is 0 Å². The lowest BCUT2D eigenvalue weighted by Crippen LogP contribution is -2.34. The second-order valence-corrected chi connectivity index (χ2v) is 6.88. The smallest absolute Gasteiger partial charge is 0.264 e. The van der Waals surface area contributed by atoms with Crippen LogP contribution in [-0.4, -0.2) is 11.6 Å². The molecule has 0 aromatic carbocycles. The van der Waals surface area contributed by atoms with E-state index in [0.29, 0.717) is 11.7 Å². The van der Waals surface area contributed by atoms with E-state index in [9.17, 15) is 4.79 Å². The minimum atomic E-state index is -0.219. The first-order valence-corrected chi connectivity index (χ1v) is 7.52. The quantitative estimate of drug-likeness (QED) is 0.681. The minimum absolute atomic E-state index is 0.121. The van der Waals surface area contributed by atoms with E-state index in [1.165, 1.54) is 18.9 Å². The molecule has 1 aromatic rings. The van der Waals surface area contributed by atoms with Gasteiger partial charge >= 0.3 is 0 Å². The van der Waals surface area contributed by atoms with Crippen LogP contribution in [0.4, 0.5) is 0 Å². The van der Waals surface area contributed by atoms with Crippen molar-refractivity contribution >= 4 is 17.7 Å². The summed E-state index contributed by atoms with van der Waals surface area (Å²) in [7, 11) is 0. The maximum atomic E-state index is 11.8. The zero-order valence-electron chi connectivity index (χ0n) is 12.8.